The Kier molecular flexibility index (Phi) is 3.76. The highest BCUT2D eigenvalue weighted by Gasteiger charge is 2.11. The van der Waals surface area contributed by atoms with Gasteiger partial charge in [-0.25, -0.2) is 4.98 Å². The summed E-state index contributed by atoms with van der Waals surface area (Å²) in [6.45, 7) is 4.40. The number of benzene rings is 1. The fourth-order valence-corrected chi connectivity index (χ4v) is 2.62. The zero-order chi connectivity index (χ0) is 14.8. The quantitative estimate of drug-likeness (QED) is 0.793. The van der Waals surface area contributed by atoms with E-state index in [1.54, 1.807) is 0 Å². The van der Waals surface area contributed by atoms with Gasteiger partial charge in [-0.3, -0.25) is 0 Å². The summed E-state index contributed by atoms with van der Waals surface area (Å²) in [4.78, 5) is 4.64. The van der Waals surface area contributed by atoms with Gasteiger partial charge in [0.05, 0.1) is 18.0 Å². The van der Waals surface area contributed by atoms with Crippen molar-refractivity contribution in [3.63, 3.8) is 0 Å². The zero-order valence-electron chi connectivity index (χ0n) is 12.5. The van der Waals surface area contributed by atoms with Crippen LogP contribution in [0.1, 0.15) is 42.3 Å². The average Bonchev–Trinajstić information content (AvgIpc) is 2.84. The molecule has 0 fully saturated rings. The maximum atomic E-state index is 9.64. The highest BCUT2D eigenvalue weighted by molar-refractivity contribution is 5.44. The molecule has 3 aromatic rings. The van der Waals surface area contributed by atoms with Gasteiger partial charge < -0.3 is 9.51 Å². The fourth-order valence-electron chi connectivity index (χ4n) is 2.62. The summed E-state index contributed by atoms with van der Waals surface area (Å²) < 4.78 is 1.96. The lowest BCUT2D eigenvalue weighted by Gasteiger charge is -2.07. The van der Waals surface area contributed by atoms with E-state index in [2.05, 4.69) is 43.1 Å². The number of aliphatic hydroxyl groups excluding tert-OH is 1. The van der Waals surface area contributed by atoms with Crippen LogP contribution in [-0.4, -0.2) is 14.5 Å². The summed E-state index contributed by atoms with van der Waals surface area (Å²) in [5.41, 5.74) is 5.27. The van der Waals surface area contributed by atoms with Crippen LogP contribution in [0, 0.1) is 0 Å². The molecule has 3 nitrogen and oxygen atoms in total. The lowest BCUT2D eigenvalue weighted by molar-refractivity contribution is 0.274. The minimum absolute atomic E-state index is 0.00455. The predicted octanol–water partition coefficient (Wildman–Crippen LogP) is 3.54. The molecule has 0 spiro atoms. The van der Waals surface area contributed by atoms with E-state index in [1.807, 2.05) is 28.8 Å². The number of aliphatic hydroxyl groups is 1. The van der Waals surface area contributed by atoms with E-state index in [0.717, 1.165) is 23.5 Å². The number of aromatic nitrogens is 2. The molecule has 0 saturated carbocycles. The van der Waals surface area contributed by atoms with Crippen molar-refractivity contribution in [2.24, 2.45) is 0 Å². The van der Waals surface area contributed by atoms with Crippen molar-refractivity contribution in [3.05, 3.63) is 71.2 Å². The highest BCUT2D eigenvalue weighted by atomic mass is 16.3. The van der Waals surface area contributed by atoms with Gasteiger partial charge in [-0.2, -0.15) is 0 Å². The molecule has 0 aliphatic rings. The first-order chi connectivity index (χ1) is 10.2. The van der Waals surface area contributed by atoms with E-state index < -0.39 is 0 Å². The molecular formula is C18H20N2O. The standard InChI is InChI=1S/C18H20N2O/c1-13(2)15-8-6-14(7-9-15)11-16-17(12-21)20-10-4-3-5-18(20)19-16/h3-10,13,21H,11-12H2,1-2H3. The second kappa shape index (κ2) is 5.70. The second-order valence-electron chi connectivity index (χ2n) is 5.67. The Balaban J connectivity index is 1.94. The van der Waals surface area contributed by atoms with Crippen molar-refractivity contribution >= 4 is 5.65 Å². The van der Waals surface area contributed by atoms with Crippen molar-refractivity contribution in [2.75, 3.05) is 0 Å². The third-order valence-corrected chi connectivity index (χ3v) is 3.88. The summed E-state index contributed by atoms with van der Waals surface area (Å²) >= 11 is 0. The van der Waals surface area contributed by atoms with Gasteiger partial charge in [-0.1, -0.05) is 44.2 Å². The Labute approximate surface area is 124 Å². The van der Waals surface area contributed by atoms with Crippen LogP contribution in [0.5, 0.6) is 0 Å². The van der Waals surface area contributed by atoms with Crippen LogP contribution < -0.4 is 0 Å². The number of nitrogens with zero attached hydrogens (tertiary/aromatic N) is 2. The van der Waals surface area contributed by atoms with E-state index >= 15 is 0 Å². The first-order valence-corrected chi connectivity index (χ1v) is 7.33. The smallest absolute Gasteiger partial charge is 0.137 e. The molecule has 0 radical (unpaired) electrons. The van der Waals surface area contributed by atoms with Crippen molar-refractivity contribution in [1.82, 2.24) is 9.38 Å². The summed E-state index contributed by atoms with van der Waals surface area (Å²) in [7, 11) is 0. The van der Waals surface area contributed by atoms with Crippen LogP contribution in [0.15, 0.2) is 48.7 Å². The van der Waals surface area contributed by atoms with Crippen molar-refractivity contribution in [1.29, 1.82) is 0 Å². The van der Waals surface area contributed by atoms with Crippen LogP contribution in [0.3, 0.4) is 0 Å². The minimum Gasteiger partial charge on any atom is -0.390 e. The molecule has 0 aliphatic heterocycles. The van der Waals surface area contributed by atoms with Crippen LogP contribution in [0.4, 0.5) is 0 Å². The maximum absolute atomic E-state index is 9.64. The van der Waals surface area contributed by atoms with Gasteiger partial charge in [-0.15, -0.1) is 0 Å². The van der Waals surface area contributed by atoms with Crippen molar-refractivity contribution in [3.8, 4) is 0 Å². The molecule has 21 heavy (non-hydrogen) atoms. The van der Waals surface area contributed by atoms with Gasteiger partial charge in [-0.05, 0) is 29.2 Å². The Morgan fingerprint density at radius 3 is 2.52 bits per heavy atom. The Morgan fingerprint density at radius 2 is 1.86 bits per heavy atom. The molecule has 0 aliphatic carbocycles. The van der Waals surface area contributed by atoms with Crippen molar-refractivity contribution < 1.29 is 5.11 Å². The van der Waals surface area contributed by atoms with Gasteiger partial charge in [0.2, 0.25) is 0 Å². The molecule has 3 heteroatoms. The lowest BCUT2D eigenvalue weighted by Crippen LogP contribution is -1.98. The molecule has 0 atom stereocenters. The average molecular weight is 280 g/mol. The van der Waals surface area contributed by atoms with Gasteiger partial charge >= 0.3 is 0 Å². The molecule has 1 N–H and O–H groups in total. The molecule has 3 rings (SSSR count). The third kappa shape index (κ3) is 2.69. The van der Waals surface area contributed by atoms with Gasteiger partial charge in [0.1, 0.15) is 5.65 Å². The number of imidazole rings is 1. The third-order valence-electron chi connectivity index (χ3n) is 3.88. The van der Waals surface area contributed by atoms with E-state index in [0.29, 0.717) is 5.92 Å². The molecule has 2 aromatic heterocycles. The summed E-state index contributed by atoms with van der Waals surface area (Å²) in [5, 5.41) is 9.64. The first-order valence-electron chi connectivity index (χ1n) is 7.33. The number of hydrogen-bond acceptors (Lipinski definition) is 2. The molecule has 2 heterocycles. The van der Waals surface area contributed by atoms with Crippen LogP contribution in [0.2, 0.25) is 0 Å². The Bertz CT molecular complexity index is 742. The zero-order valence-corrected chi connectivity index (χ0v) is 12.5. The molecule has 0 saturated heterocycles. The molecule has 0 unspecified atom stereocenters. The second-order valence-corrected chi connectivity index (χ2v) is 5.67. The lowest BCUT2D eigenvalue weighted by atomic mass is 10.00. The van der Waals surface area contributed by atoms with E-state index in [9.17, 15) is 5.11 Å². The monoisotopic (exact) mass is 280 g/mol. The fraction of sp³-hybridized carbons (Fsp3) is 0.278. The molecule has 1 aromatic carbocycles. The largest absolute Gasteiger partial charge is 0.390 e. The summed E-state index contributed by atoms with van der Waals surface area (Å²) in [6.07, 6.45) is 2.69. The number of rotatable bonds is 4. The first kappa shape index (κ1) is 13.8. The Morgan fingerprint density at radius 1 is 1.10 bits per heavy atom. The normalized spacial score (nSPS) is 11.4. The maximum Gasteiger partial charge on any atom is 0.137 e. The predicted molar refractivity (Wildman–Crippen MR) is 84.5 cm³/mol. The van der Waals surface area contributed by atoms with Crippen LogP contribution in [0.25, 0.3) is 5.65 Å². The number of hydrogen-bond donors (Lipinski definition) is 1. The van der Waals surface area contributed by atoms with Crippen LogP contribution >= 0.6 is 0 Å². The van der Waals surface area contributed by atoms with Crippen molar-refractivity contribution in [2.45, 2.75) is 32.8 Å². The summed E-state index contributed by atoms with van der Waals surface area (Å²) in [6, 6.07) is 14.5. The van der Waals surface area contributed by atoms with E-state index in [-0.39, 0.29) is 6.61 Å². The molecule has 0 amide bonds. The molecular weight excluding hydrogens is 260 g/mol. The van der Waals surface area contributed by atoms with Gasteiger partial charge in [0, 0.05) is 12.6 Å². The topological polar surface area (TPSA) is 37.5 Å². The SMILES string of the molecule is CC(C)c1ccc(Cc2nc3ccccn3c2CO)cc1. The van der Waals surface area contributed by atoms with Gasteiger partial charge in [0.25, 0.3) is 0 Å². The van der Waals surface area contributed by atoms with E-state index in [4.69, 9.17) is 0 Å². The van der Waals surface area contributed by atoms with Gasteiger partial charge in [0.15, 0.2) is 0 Å². The van der Waals surface area contributed by atoms with Crippen LogP contribution in [-0.2, 0) is 13.0 Å². The number of pyridine rings is 1. The van der Waals surface area contributed by atoms with E-state index in [1.165, 1.54) is 11.1 Å². The number of fused-ring (bicyclic) bond motifs is 1. The molecule has 108 valence electrons. The molecule has 0 bridgehead atoms. The minimum atomic E-state index is 0.00455. The highest BCUT2D eigenvalue weighted by Crippen LogP contribution is 2.19. The Hall–Kier alpha value is -2.13. The summed E-state index contributed by atoms with van der Waals surface area (Å²) in [5.74, 6) is 0.544.